The lowest BCUT2D eigenvalue weighted by molar-refractivity contribution is -0.122. The molecule has 1 fully saturated rings. The second-order valence-corrected chi connectivity index (χ2v) is 4.37. The lowest BCUT2D eigenvalue weighted by atomic mass is 9.78. The summed E-state index contributed by atoms with van der Waals surface area (Å²) >= 11 is 0. The van der Waals surface area contributed by atoms with Gasteiger partial charge in [0.2, 0.25) is 5.91 Å². The van der Waals surface area contributed by atoms with Crippen LogP contribution in [-0.2, 0) is 4.79 Å². The highest BCUT2D eigenvalue weighted by atomic mass is 16.1. The molecule has 1 aromatic carbocycles. The van der Waals surface area contributed by atoms with Gasteiger partial charge in [-0.2, -0.15) is 0 Å². The molecule has 2 N–H and O–H groups in total. The summed E-state index contributed by atoms with van der Waals surface area (Å²) in [5.74, 6) is 0.483. The van der Waals surface area contributed by atoms with Gasteiger partial charge in [0.15, 0.2) is 0 Å². The van der Waals surface area contributed by atoms with Crippen LogP contribution in [0.5, 0.6) is 0 Å². The van der Waals surface area contributed by atoms with Gasteiger partial charge in [-0.15, -0.1) is 0 Å². The molecule has 80 valence electrons. The molecule has 2 atom stereocenters. The average molecular weight is 203 g/mol. The van der Waals surface area contributed by atoms with E-state index < -0.39 is 0 Å². The van der Waals surface area contributed by atoms with E-state index in [1.807, 2.05) is 6.07 Å². The number of primary amides is 1. The molecular weight excluding hydrogens is 186 g/mol. The second kappa shape index (κ2) is 4.47. The molecule has 0 bridgehead atoms. The van der Waals surface area contributed by atoms with E-state index in [4.69, 9.17) is 5.73 Å². The van der Waals surface area contributed by atoms with Crippen molar-refractivity contribution in [1.82, 2.24) is 0 Å². The first-order valence-corrected chi connectivity index (χ1v) is 5.61. The lowest BCUT2D eigenvalue weighted by Crippen LogP contribution is -2.27. The number of benzene rings is 1. The average Bonchev–Trinajstić information content (AvgIpc) is 2.30. The van der Waals surface area contributed by atoms with Gasteiger partial charge < -0.3 is 5.73 Å². The molecular formula is C13H17NO. The molecule has 15 heavy (non-hydrogen) atoms. The topological polar surface area (TPSA) is 43.1 Å². The Morgan fingerprint density at radius 2 is 1.93 bits per heavy atom. The van der Waals surface area contributed by atoms with E-state index in [0.29, 0.717) is 5.92 Å². The van der Waals surface area contributed by atoms with Crippen LogP contribution in [0, 0.1) is 5.92 Å². The first kappa shape index (κ1) is 10.2. The van der Waals surface area contributed by atoms with Gasteiger partial charge >= 0.3 is 0 Å². The number of hydrogen-bond donors (Lipinski definition) is 1. The van der Waals surface area contributed by atoms with Crippen molar-refractivity contribution in [3.63, 3.8) is 0 Å². The van der Waals surface area contributed by atoms with Gasteiger partial charge in [-0.25, -0.2) is 0 Å². The molecule has 2 nitrogen and oxygen atoms in total. The van der Waals surface area contributed by atoms with Gasteiger partial charge in [0.1, 0.15) is 0 Å². The van der Waals surface area contributed by atoms with E-state index in [-0.39, 0.29) is 11.8 Å². The zero-order chi connectivity index (χ0) is 10.7. The molecule has 1 amide bonds. The minimum absolute atomic E-state index is 0.0870. The third kappa shape index (κ3) is 2.38. The summed E-state index contributed by atoms with van der Waals surface area (Å²) in [5.41, 5.74) is 6.72. The molecule has 0 saturated heterocycles. The van der Waals surface area contributed by atoms with Crippen molar-refractivity contribution >= 4 is 5.91 Å². The number of amides is 1. The number of hydrogen-bond acceptors (Lipinski definition) is 1. The first-order chi connectivity index (χ1) is 7.27. The Balaban J connectivity index is 2.08. The molecule has 0 spiro atoms. The van der Waals surface area contributed by atoms with E-state index in [1.54, 1.807) is 0 Å². The van der Waals surface area contributed by atoms with Crippen LogP contribution in [-0.4, -0.2) is 5.91 Å². The summed E-state index contributed by atoms with van der Waals surface area (Å²) in [6.07, 6.45) is 4.21. The van der Waals surface area contributed by atoms with Crippen LogP contribution in [0.1, 0.15) is 37.2 Å². The van der Waals surface area contributed by atoms with E-state index in [9.17, 15) is 4.79 Å². The van der Waals surface area contributed by atoms with Crippen molar-refractivity contribution in [1.29, 1.82) is 0 Å². The third-order valence-electron chi connectivity index (χ3n) is 3.35. The Hall–Kier alpha value is -1.31. The Labute approximate surface area is 90.5 Å². The molecule has 2 heteroatoms. The normalized spacial score (nSPS) is 26.1. The molecule has 1 saturated carbocycles. The first-order valence-electron chi connectivity index (χ1n) is 5.61. The molecule has 2 rings (SSSR count). The van der Waals surface area contributed by atoms with Crippen LogP contribution >= 0.6 is 0 Å². The quantitative estimate of drug-likeness (QED) is 0.788. The maximum Gasteiger partial charge on any atom is 0.220 e. The number of carbonyl (C=O) groups excluding carboxylic acids is 1. The highest BCUT2D eigenvalue weighted by Gasteiger charge is 2.26. The number of carbonyl (C=O) groups is 1. The van der Waals surface area contributed by atoms with Crippen LogP contribution < -0.4 is 5.73 Å². The van der Waals surface area contributed by atoms with Crippen LogP contribution in [0.25, 0.3) is 0 Å². The van der Waals surface area contributed by atoms with Gasteiger partial charge in [-0.3, -0.25) is 4.79 Å². The Morgan fingerprint density at radius 1 is 1.20 bits per heavy atom. The van der Waals surface area contributed by atoms with Crippen LogP contribution in [0.15, 0.2) is 30.3 Å². The molecule has 0 heterocycles. The predicted octanol–water partition coefficient (Wildman–Crippen LogP) is 2.45. The highest BCUT2D eigenvalue weighted by molar-refractivity contribution is 5.76. The molecule has 1 aliphatic rings. The fraction of sp³-hybridized carbons (Fsp3) is 0.462. The van der Waals surface area contributed by atoms with Gasteiger partial charge in [0, 0.05) is 5.92 Å². The van der Waals surface area contributed by atoms with E-state index in [2.05, 4.69) is 24.3 Å². The summed E-state index contributed by atoms with van der Waals surface area (Å²) < 4.78 is 0. The van der Waals surface area contributed by atoms with Crippen molar-refractivity contribution in [2.24, 2.45) is 11.7 Å². The largest absolute Gasteiger partial charge is 0.369 e. The standard InChI is InChI=1S/C13H17NO/c14-13(15)12-8-4-7-11(9-12)10-5-2-1-3-6-10/h1-3,5-6,11-12H,4,7-9H2,(H2,14,15)/t11-,12?/m0/s1. The maximum atomic E-state index is 11.2. The molecule has 0 aliphatic heterocycles. The smallest absolute Gasteiger partial charge is 0.220 e. The molecule has 0 aromatic heterocycles. The van der Waals surface area contributed by atoms with Crippen LogP contribution in [0.3, 0.4) is 0 Å². The van der Waals surface area contributed by atoms with Crippen molar-refractivity contribution in [2.45, 2.75) is 31.6 Å². The lowest BCUT2D eigenvalue weighted by Gasteiger charge is -2.27. The van der Waals surface area contributed by atoms with Crippen molar-refractivity contribution in [3.05, 3.63) is 35.9 Å². The van der Waals surface area contributed by atoms with Crippen LogP contribution in [0.2, 0.25) is 0 Å². The van der Waals surface area contributed by atoms with Crippen LogP contribution in [0.4, 0.5) is 0 Å². The molecule has 0 radical (unpaired) electrons. The zero-order valence-corrected chi connectivity index (χ0v) is 8.86. The van der Waals surface area contributed by atoms with Crippen molar-refractivity contribution in [2.75, 3.05) is 0 Å². The predicted molar refractivity (Wildman–Crippen MR) is 60.3 cm³/mol. The summed E-state index contributed by atoms with van der Waals surface area (Å²) in [7, 11) is 0. The fourth-order valence-electron chi connectivity index (χ4n) is 2.48. The van der Waals surface area contributed by atoms with Crippen molar-refractivity contribution in [3.8, 4) is 0 Å². The number of nitrogens with two attached hydrogens (primary N) is 1. The third-order valence-corrected chi connectivity index (χ3v) is 3.35. The van der Waals surface area contributed by atoms with Gasteiger partial charge in [-0.1, -0.05) is 36.8 Å². The van der Waals surface area contributed by atoms with E-state index in [0.717, 1.165) is 19.3 Å². The molecule has 1 aromatic rings. The summed E-state index contributed by atoms with van der Waals surface area (Å²) in [4.78, 5) is 11.2. The minimum atomic E-state index is -0.129. The Morgan fingerprint density at radius 3 is 2.60 bits per heavy atom. The van der Waals surface area contributed by atoms with Gasteiger partial charge in [0.25, 0.3) is 0 Å². The second-order valence-electron chi connectivity index (χ2n) is 4.37. The SMILES string of the molecule is NC(=O)C1CCC[C@H](c2ccccc2)C1. The fourth-order valence-corrected chi connectivity index (χ4v) is 2.48. The summed E-state index contributed by atoms with van der Waals surface area (Å²) in [6, 6.07) is 10.4. The van der Waals surface area contributed by atoms with E-state index in [1.165, 1.54) is 12.0 Å². The van der Waals surface area contributed by atoms with Gasteiger partial charge in [-0.05, 0) is 30.7 Å². The Bertz CT molecular complexity index is 334. The molecule has 1 aliphatic carbocycles. The monoisotopic (exact) mass is 203 g/mol. The summed E-state index contributed by atoms with van der Waals surface area (Å²) in [6.45, 7) is 0. The maximum absolute atomic E-state index is 11.2. The minimum Gasteiger partial charge on any atom is -0.369 e. The zero-order valence-electron chi connectivity index (χ0n) is 8.86. The highest BCUT2D eigenvalue weighted by Crippen LogP contribution is 2.35. The van der Waals surface area contributed by atoms with Gasteiger partial charge in [0.05, 0.1) is 0 Å². The van der Waals surface area contributed by atoms with Crippen molar-refractivity contribution < 1.29 is 4.79 Å². The Kier molecular flexibility index (Phi) is 3.05. The molecule has 1 unspecified atom stereocenters. The number of rotatable bonds is 2. The summed E-state index contributed by atoms with van der Waals surface area (Å²) in [5, 5.41) is 0. The van der Waals surface area contributed by atoms with E-state index >= 15 is 0 Å².